The molecule has 1 aliphatic carbocycles. The number of rotatable bonds is 4. The van der Waals surface area contributed by atoms with Crippen molar-refractivity contribution in [2.24, 2.45) is 0 Å². The summed E-state index contributed by atoms with van der Waals surface area (Å²) in [6.07, 6.45) is 6.45. The Labute approximate surface area is 110 Å². The number of hydrogen-bond donors (Lipinski definition) is 2. The third-order valence-electron chi connectivity index (χ3n) is 3.85. The van der Waals surface area contributed by atoms with E-state index >= 15 is 0 Å². The van der Waals surface area contributed by atoms with Gasteiger partial charge in [-0.25, -0.2) is 0 Å². The molecule has 1 aromatic rings. The quantitative estimate of drug-likeness (QED) is 0.854. The summed E-state index contributed by atoms with van der Waals surface area (Å²) in [6, 6.07) is 10.9. The molecule has 0 aromatic heterocycles. The van der Waals surface area contributed by atoms with Crippen molar-refractivity contribution in [2.75, 3.05) is 0 Å². The second-order valence-corrected chi connectivity index (χ2v) is 6.00. The van der Waals surface area contributed by atoms with Gasteiger partial charge in [-0.15, -0.1) is 0 Å². The zero-order valence-corrected chi connectivity index (χ0v) is 11.5. The lowest BCUT2D eigenvalue weighted by atomic mass is 9.88. The van der Waals surface area contributed by atoms with Gasteiger partial charge in [-0.3, -0.25) is 0 Å². The van der Waals surface area contributed by atoms with Gasteiger partial charge in [-0.1, -0.05) is 49.6 Å². The fourth-order valence-electron chi connectivity index (χ4n) is 2.86. The van der Waals surface area contributed by atoms with Crippen LogP contribution in [0.3, 0.4) is 0 Å². The number of hydrogen-bond acceptors (Lipinski definition) is 2. The maximum absolute atomic E-state index is 10.4. The molecule has 0 spiro atoms. The Kier molecular flexibility index (Phi) is 4.41. The summed E-state index contributed by atoms with van der Waals surface area (Å²) >= 11 is 0. The minimum Gasteiger partial charge on any atom is -0.388 e. The maximum atomic E-state index is 10.4. The van der Waals surface area contributed by atoms with E-state index < -0.39 is 5.60 Å². The lowest BCUT2D eigenvalue weighted by Crippen LogP contribution is -2.44. The van der Waals surface area contributed by atoms with Crippen molar-refractivity contribution in [3.05, 3.63) is 35.9 Å². The number of benzene rings is 1. The molecule has 1 aliphatic rings. The summed E-state index contributed by atoms with van der Waals surface area (Å²) in [4.78, 5) is 0. The van der Waals surface area contributed by atoms with Gasteiger partial charge in [0.1, 0.15) is 0 Å². The van der Waals surface area contributed by atoms with E-state index in [-0.39, 0.29) is 6.04 Å². The molecule has 0 amide bonds. The molecule has 0 bridgehead atoms. The highest BCUT2D eigenvalue weighted by Crippen LogP contribution is 2.28. The molecule has 0 aliphatic heterocycles. The van der Waals surface area contributed by atoms with Gasteiger partial charge in [-0.2, -0.15) is 0 Å². The van der Waals surface area contributed by atoms with Crippen molar-refractivity contribution in [1.82, 2.24) is 5.32 Å². The van der Waals surface area contributed by atoms with E-state index in [0.29, 0.717) is 6.04 Å². The fraction of sp³-hybridized carbons (Fsp3) is 0.625. The van der Waals surface area contributed by atoms with Gasteiger partial charge < -0.3 is 10.4 Å². The second kappa shape index (κ2) is 5.85. The van der Waals surface area contributed by atoms with Gasteiger partial charge in [0.15, 0.2) is 0 Å². The molecule has 2 rings (SSSR count). The fourth-order valence-corrected chi connectivity index (χ4v) is 2.86. The topological polar surface area (TPSA) is 32.3 Å². The van der Waals surface area contributed by atoms with E-state index in [9.17, 15) is 5.11 Å². The average molecular weight is 247 g/mol. The summed E-state index contributed by atoms with van der Waals surface area (Å²) in [6.45, 7) is 3.78. The van der Waals surface area contributed by atoms with Crippen molar-refractivity contribution >= 4 is 0 Å². The molecule has 100 valence electrons. The molecule has 2 nitrogen and oxygen atoms in total. The maximum Gasteiger partial charge on any atom is 0.0785 e. The van der Waals surface area contributed by atoms with E-state index in [1.54, 1.807) is 0 Å². The van der Waals surface area contributed by atoms with Crippen LogP contribution in [-0.4, -0.2) is 16.7 Å². The predicted octanol–water partition coefficient (Wildman–Crippen LogP) is 3.42. The number of aliphatic hydroxyl groups is 1. The molecule has 1 fully saturated rings. The highest BCUT2D eigenvalue weighted by molar-refractivity contribution is 5.21. The van der Waals surface area contributed by atoms with Crippen LogP contribution in [0.1, 0.15) is 57.6 Å². The lowest BCUT2D eigenvalue weighted by molar-refractivity contribution is 0.0301. The molecule has 1 atom stereocenters. The SMILES string of the molecule is CC(C)(O)[C@@H](NC1CCCCC1)c1ccccc1. The van der Waals surface area contributed by atoms with Crippen LogP contribution in [-0.2, 0) is 0 Å². The normalized spacial score (nSPS) is 19.7. The van der Waals surface area contributed by atoms with Gasteiger partial charge in [0.2, 0.25) is 0 Å². The average Bonchev–Trinajstić information content (AvgIpc) is 2.37. The smallest absolute Gasteiger partial charge is 0.0785 e. The van der Waals surface area contributed by atoms with Gasteiger partial charge >= 0.3 is 0 Å². The van der Waals surface area contributed by atoms with Crippen molar-refractivity contribution in [1.29, 1.82) is 0 Å². The van der Waals surface area contributed by atoms with Crippen LogP contribution >= 0.6 is 0 Å². The highest BCUT2D eigenvalue weighted by Gasteiger charge is 2.30. The summed E-state index contributed by atoms with van der Waals surface area (Å²) in [7, 11) is 0. The monoisotopic (exact) mass is 247 g/mol. The largest absolute Gasteiger partial charge is 0.388 e. The molecule has 2 heteroatoms. The lowest BCUT2D eigenvalue weighted by Gasteiger charge is -2.35. The molecular weight excluding hydrogens is 222 g/mol. The molecular formula is C16H25NO. The Morgan fingerprint density at radius 1 is 1.11 bits per heavy atom. The predicted molar refractivity (Wildman–Crippen MR) is 75.5 cm³/mol. The summed E-state index contributed by atoms with van der Waals surface area (Å²) in [5.74, 6) is 0. The van der Waals surface area contributed by atoms with E-state index in [4.69, 9.17) is 0 Å². The Morgan fingerprint density at radius 3 is 2.28 bits per heavy atom. The molecule has 1 saturated carbocycles. The van der Waals surface area contributed by atoms with Crippen LogP contribution in [0.4, 0.5) is 0 Å². The van der Waals surface area contributed by atoms with Crippen molar-refractivity contribution in [3.63, 3.8) is 0 Å². The van der Waals surface area contributed by atoms with Crippen molar-refractivity contribution in [3.8, 4) is 0 Å². The molecule has 2 N–H and O–H groups in total. The molecule has 1 aromatic carbocycles. The highest BCUT2D eigenvalue weighted by atomic mass is 16.3. The Balaban J connectivity index is 2.11. The second-order valence-electron chi connectivity index (χ2n) is 6.00. The molecule has 0 unspecified atom stereocenters. The molecule has 18 heavy (non-hydrogen) atoms. The minimum atomic E-state index is -0.737. The third kappa shape index (κ3) is 3.56. The van der Waals surface area contributed by atoms with Gasteiger partial charge in [0, 0.05) is 6.04 Å². The Hall–Kier alpha value is -0.860. The van der Waals surface area contributed by atoms with Gasteiger partial charge in [-0.05, 0) is 32.3 Å². The molecule has 0 heterocycles. The summed E-state index contributed by atoms with van der Waals surface area (Å²) in [5.41, 5.74) is 0.439. The van der Waals surface area contributed by atoms with Crippen LogP contribution in [0.25, 0.3) is 0 Å². The van der Waals surface area contributed by atoms with E-state index in [1.165, 1.54) is 37.7 Å². The van der Waals surface area contributed by atoms with E-state index in [2.05, 4.69) is 17.4 Å². The van der Waals surface area contributed by atoms with E-state index in [0.717, 1.165) is 0 Å². The first kappa shape index (κ1) is 13.6. The standard InChI is InChI=1S/C16H25NO/c1-16(2,18)15(13-9-5-3-6-10-13)17-14-11-7-4-8-12-14/h3,5-6,9-10,14-15,17-18H,4,7-8,11-12H2,1-2H3/t15-/m0/s1. The van der Waals surface area contributed by atoms with Crippen LogP contribution in [0.2, 0.25) is 0 Å². The zero-order valence-electron chi connectivity index (χ0n) is 11.5. The Bertz CT molecular complexity index is 349. The van der Waals surface area contributed by atoms with Crippen LogP contribution < -0.4 is 5.32 Å². The zero-order chi connectivity index (χ0) is 13.0. The minimum absolute atomic E-state index is 0.0156. The summed E-state index contributed by atoms with van der Waals surface area (Å²) < 4.78 is 0. The Morgan fingerprint density at radius 2 is 1.72 bits per heavy atom. The van der Waals surface area contributed by atoms with Gasteiger partial charge in [0.25, 0.3) is 0 Å². The summed E-state index contributed by atoms with van der Waals surface area (Å²) in [5, 5.41) is 14.1. The van der Waals surface area contributed by atoms with E-state index in [1.807, 2.05) is 32.0 Å². The first-order chi connectivity index (χ1) is 8.57. The van der Waals surface area contributed by atoms with Gasteiger partial charge in [0.05, 0.1) is 11.6 Å². The molecule has 0 saturated heterocycles. The number of nitrogens with one attached hydrogen (secondary N) is 1. The first-order valence-electron chi connectivity index (χ1n) is 7.11. The van der Waals surface area contributed by atoms with Crippen LogP contribution in [0.5, 0.6) is 0 Å². The van der Waals surface area contributed by atoms with Crippen LogP contribution in [0, 0.1) is 0 Å². The third-order valence-corrected chi connectivity index (χ3v) is 3.85. The molecule has 0 radical (unpaired) electrons. The first-order valence-corrected chi connectivity index (χ1v) is 7.11. The van der Waals surface area contributed by atoms with Crippen molar-refractivity contribution in [2.45, 2.75) is 63.6 Å². The van der Waals surface area contributed by atoms with Crippen LogP contribution in [0.15, 0.2) is 30.3 Å². The van der Waals surface area contributed by atoms with Crippen molar-refractivity contribution < 1.29 is 5.11 Å².